The van der Waals surface area contributed by atoms with Crippen LogP contribution in [0, 0.1) is 16.7 Å². The Balaban J connectivity index is 2.78. The molecule has 1 rings (SSSR count). The highest BCUT2D eigenvalue weighted by molar-refractivity contribution is 5.07. The van der Waals surface area contributed by atoms with E-state index in [0.717, 1.165) is 25.9 Å². The van der Waals surface area contributed by atoms with Gasteiger partial charge in [0.25, 0.3) is 0 Å². The Morgan fingerprint density at radius 2 is 2.08 bits per heavy atom. The third kappa shape index (κ3) is 2.01. The lowest BCUT2D eigenvalue weighted by molar-refractivity contribution is -0.0484. The van der Waals surface area contributed by atoms with Crippen molar-refractivity contribution in [3.63, 3.8) is 0 Å². The summed E-state index contributed by atoms with van der Waals surface area (Å²) < 4.78 is 0. The Kier molecular flexibility index (Phi) is 2.94. The van der Waals surface area contributed by atoms with Crippen molar-refractivity contribution in [1.29, 1.82) is 5.26 Å². The minimum atomic E-state index is -0.814. The summed E-state index contributed by atoms with van der Waals surface area (Å²) in [5.74, 6) is 0. The largest absolute Gasteiger partial charge is 0.388 e. The SMILES string of the molecule is CC(C)(C#N)C1(O)CCCNCC1. The molecule has 2 N–H and O–H groups in total. The first kappa shape index (κ1) is 10.5. The van der Waals surface area contributed by atoms with Crippen LogP contribution in [-0.4, -0.2) is 23.8 Å². The van der Waals surface area contributed by atoms with Crippen molar-refractivity contribution < 1.29 is 5.11 Å². The minimum Gasteiger partial charge on any atom is -0.388 e. The average Bonchev–Trinajstić information content (AvgIpc) is 2.31. The molecular formula is C10H18N2O. The second kappa shape index (κ2) is 3.65. The molecule has 0 aromatic carbocycles. The highest BCUT2D eigenvalue weighted by Crippen LogP contribution is 2.37. The molecule has 1 atom stereocenters. The van der Waals surface area contributed by atoms with E-state index in [1.54, 1.807) is 0 Å². The van der Waals surface area contributed by atoms with Gasteiger partial charge in [0.2, 0.25) is 0 Å². The van der Waals surface area contributed by atoms with Gasteiger partial charge in [-0.3, -0.25) is 0 Å². The van der Waals surface area contributed by atoms with E-state index in [2.05, 4.69) is 11.4 Å². The zero-order valence-electron chi connectivity index (χ0n) is 8.43. The number of rotatable bonds is 1. The van der Waals surface area contributed by atoms with Gasteiger partial charge >= 0.3 is 0 Å². The van der Waals surface area contributed by atoms with Crippen molar-refractivity contribution in [2.75, 3.05) is 13.1 Å². The lowest BCUT2D eigenvalue weighted by Gasteiger charge is -2.37. The molecule has 13 heavy (non-hydrogen) atoms. The molecule has 3 heteroatoms. The van der Waals surface area contributed by atoms with Crippen molar-refractivity contribution >= 4 is 0 Å². The molecule has 0 bridgehead atoms. The molecule has 1 fully saturated rings. The fourth-order valence-corrected chi connectivity index (χ4v) is 1.78. The van der Waals surface area contributed by atoms with Crippen LogP contribution < -0.4 is 5.32 Å². The Labute approximate surface area is 79.8 Å². The Morgan fingerprint density at radius 3 is 2.69 bits per heavy atom. The molecule has 1 unspecified atom stereocenters. The summed E-state index contributed by atoms with van der Waals surface area (Å²) >= 11 is 0. The van der Waals surface area contributed by atoms with E-state index in [1.165, 1.54) is 0 Å². The minimum absolute atomic E-state index is 0.640. The van der Waals surface area contributed by atoms with Crippen LogP contribution in [0.5, 0.6) is 0 Å². The van der Waals surface area contributed by atoms with Crippen molar-refractivity contribution in [2.45, 2.75) is 38.7 Å². The first-order chi connectivity index (χ1) is 6.02. The van der Waals surface area contributed by atoms with Crippen molar-refractivity contribution in [3.8, 4) is 6.07 Å². The van der Waals surface area contributed by atoms with Gasteiger partial charge in [0.05, 0.1) is 17.1 Å². The average molecular weight is 182 g/mol. The van der Waals surface area contributed by atoms with Gasteiger partial charge < -0.3 is 10.4 Å². The Hall–Kier alpha value is -0.590. The van der Waals surface area contributed by atoms with E-state index in [9.17, 15) is 5.11 Å². The van der Waals surface area contributed by atoms with E-state index < -0.39 is 11.0 Å². The third-order valence-corrected chi connectivity index (χ3v) is 3.10. The molecule has 0 spiro atoms. The molecule has 1 aliphatic heterocycles. The van der Waals surface area contributed by atoms with Gasteiger partial charge in [0.1, 0.15) is 0 Å². The smallest absolute Gasteiger partial charge is 0.0840 e. The summed E-state index contributed by atoms with van der Waals surface area (Å²) in [5.41, 5.74) is -1.45. The summed E-state index contributed by atoms with van der Waals surface area (Å²) in [6, 6.07) is 2.20. The van der Waals surface area contributed by atoms with E-state index >= 15 is 0 Å². The zero-order valence-corrected chi connectivity index (χ0v) is 8.43. The van der Waals surface area contributed by atoms with Gasteiger partial charge in [-0.2, -0.15) is 5.26 Å². The number of nitriles is 1. The quantitative estimate of drug-likeness (QED) is 0.637. The van der Waals surface area contributed by atoms with Gasteiger partial charge in [0.15, 0.2) is 0 Å². The molecule has 1 aliphatic rings. The maximum atomic E-state index is 10.3. The normalized spacial score (nSPS) is 30.6. The number of nitrogens with zero attached hydrogens (tertiary/aromatic N) is 1. The van der Waals surface area contributed by atoms with Gasteiger partial charge in [0, 0.05) is 0 Å². The molecule has 0 radical (unpaired) electrons. The molecular weight excluding hydrogens is 164 g/mol. The fraction of sp³-hybridized carbons (Fsp3) is 0.900. The molecule has 0 aromatic heterocycles. The molecule has 1 saturated heterocycles. The lowest BCUT2D eigenvalue weighted by Crippen LogP contribution is -2.44. The fourth-order valence-electron chi connectivity index (χ4n) is 1.78. The van der Waals surface area contributed by atoms with Gasteiger partial charge in [-0.05, 0) is 46.2 Å². The maximum absolute atomic E-state index is 10.3. The molecule has 0 saturated carbocycles. The third-order valence-electron chi connectivity index (χ3n) is 3.10. The number of hydrogen-bond acceptors (Lipinski definition) is 3. The van der Waals surface area contributed by atoms with Crippen molar-refractivity contribution in [2.24, 2.45) is 5.41 Å². The van der Waals surface area contributed by atoms with Crippen LogP contribution in [0.1, 0.15) is 33.1 Å². The van der Waals surface area contributed by atoms with E-state index in [0.29, 0.717) is 6.42 Å². The summed E-state index contributed by atoms with van der Waals surface area (Å²) in [6.07, 6.45) is 2.34. The molecule has 0 aliphatic carbocycles. The highest BCUT2D eigenvalue weighted by Gasteiger charge is 2.43. The van der Waals surface area contributed by atoms with Gasteiger partial charge in [-0.1, -0.05) is 0 Å². The van der Waals surface area contributed by atoms with Crippen LogP contribution in [0.3, 0.4) is 0 Å². The van der Waals surface area contributed by atoms with Crippen LogP contribution in [0.2, 0.25) is 0 Å². The first-order valence-electron chi connectivity index (χ1n) is 4.86. The van der Waals surface area contributed by atoms with Crippen LogP contribution in [-0.2, 0) is 0 Å². The second-order valence-corrected chi connectivity index (χ2v) is 4.37. The summed E-state index contributed by atoms with van der Waals surface area (Å²) in [5, 5.41) is 22.5. The maximum Gasteiger partial charge on any atom is 0.0840 e. The number of aliphatic hydroxyl groups is 1. The van der Waals surface area contributed by atoms with Gasteiger partial charge in [-0.25, -0.2) is 0 Å². The van der Waals surface area contributed by atoms with Crippen molar-refractivity contribution in [1.82, 2.24) is 5.32 Å². The standard InChI is InChI=1S/C10H18N2O/c1-9(2,8-11)10(13)4-3-6-12-7-5-10/h12-13H,3-7H2,1-2H3. The topological polar surface area (TPSA) is 56.0 Å². The monoisotopic (exact) mass is 182 g/mol. The molecule has 0 aromatic rings. The zero-order chi connectivity index (χ0) is 9.95. The van der Waals surface area contributed by atoms with Crippen molar-refractivity contribution in [3.05, 3.63) is 0 Å². The molecule has 1 heterocycles. The van der Waals surface area contributed by atoms with Gasteiger partial charge in [-0.15, -0.1) is 0 Å². The van der Waals surface area contributed by atoms with E-state index in [4.69, 9.17) is 5.26 Å². The number of hydrogen-bond donors (Lipinski definition) is 2. The second-order valence-electron chi connectivity index (χ2n) is 4.37. The Bertz CT molecular complexity index is 209. The highest BCUT2D eigenvalue weighted by atomic mass is 16.3. The summed E-state index contributed by atoms with van der Waals surface area (Å²) in [6.45, 7) is 5.39. The summed E-state index contributed by atoms with van der Waals surface area (Å²) in [7, 11) is 0. The van der Waals surface area contributed by atoms with Crippen LogP contribution in [0.25, 0.3) is 0 Å². The molecule has 0 amide bonds. The van der Waals surface area contributed by atoms with Crippen LogP contribution in [0.4, 0.5) is 0 Å². The number of nitrogens with one attached hydrogen (secondary N) is 1. The van der Waals surface area contributed by atoms with E-state index in [1.807, 2.05) is 13.8 Å². The van der Waals surface area contributed by atoms with E-state index in [-0.39, 0.29) is 0 Å². The first-order valence-corrected chi connectivity index (χ1v) is 4.86. The van der Waals surface area contributed by atoms with Crippen LogP contribution in [0.15, 0.2) is 0 Å². The summed E-state index contributed by atoms with van der Waals surface area (Å²) in [4.78, 5) is 0. The molecule has 74 valence electrons. The predicted molar refractivity (Wildman–Crippen MR) is 51.1 cm³/mol. The Morgan fingerprint density at radius 1 is 1.38 bits per heavy atom. The molecule has 3 nitrogen and oxygen atoms in total. The predicted octanol–water partition coefficient (Wildman–Crippen LogP) is 1.04. The van der Waals surface area contributed by atoms with Crippen LogP contribution >= 0.6 is 0 Å². The lowest BCUT2D eigenvalue weighted by atomic mass is 9.72.